The Labute approximate surface area is 207 Å². The van der Waals surface area contributed by atoms with Crippen LogP contribution in [-0.4, -0.2) is 19.5 Å². The van der Waals surface area contributed by atoms with E-state index in [1.165, 1.54) is 6.33 Å². The van der Waals surface area contributed by atoms with Crippen LogP contribution in [0.25, 0.3) is 10.9 Å². The predicted molar refractivity (Wildman–Crippen MR) is 139 cm³/mol. The summed E-state index contributed by atoms with van der Waals surface area (Å²) < 4.78 is 1.78. The van der Waals surface area contributed by atoms with Crippen molar-refractivity contribution in [3.63, 3.8) is 0 Å². The number of benzene rings is 2. The zero-order valence-corrected chi connectivity index (χ0v) is 19.9. The molecule has 1 atom stereocenters. The third-order valence-electron chi connectivity index (χ3n) is 5.94. The number of nitrogens with one attached hydrogen (secondary N) is 1. The molecule has 2 aromatic heterocycles. The minimum atomic E-state index is -0.311. The third-order valence-corrected chi connectivity index (χ3v) is 6.26. The minimum Gasteiger partial charge on any atom is -0.399 e. The smallest absolute Gasteiger partial charge is 0.263 e. The Morgan fingerprint density at radius 3 is 2.71 bits per heavy atom. The number of fused-ring (bicyclic) bond motifs is 1. The van der Waals surface area contributed by atoms with Crippen LogP contribution >= 0.6 is 11.6 Å². The Morgan fingerprint density at radius 2 is 1.97 bits per heavy atom. The minimum absolute atomic E-state index is 0.111. The van der Waals surface area contributed by atoms with Crippen LogP contribution in [0.5, 0.6) is 0 Å². The van der Waals surface area contributed by atoms with Gasteiger partial charge in [-0.25, -0.2) is 15.0 Å². The summed E-state index contributed by atoms with van der Waals surface area (Å²) in [5.41, 5.74) is 14.3. The molecule has 0 radical (unpaired) electrons. The maximum atomic E-state index is 13.5. The van der Waals surface area contributed by atoms with Gasteiger partial charge >= 0.3 is 0 Å². The van der Waals surface area contributed by atoms with Crippen molar-refractivity contribution in [3.8, 4) is 11.8 Å². The second-order valence-electron chi connectivity index (χ2n) is 8.47. The fraction of sp³-hybridized carbons (Fsp3) is 0.231. The van der Waals surface area contributed by atoms with Crippen molar-refractivity contribution in [2.75, 3.05) is 16.8 Å². The Bertz CT molecular complexity index is 1550. The third kappa shape index (κ3) is 4.51. The number of rotatable bonds is 5. The Hall–Kier alpha value is -4.09. The summed E-state index contributed by atoms with van der Waals surface area (Å²) in [6, 6.07) is 12.4. The molecule has 35 heavy (non-hydrogen) atoms. The molecule has 0 aliphatic heterocycles. The highest BCUT2D eigenvalue weighted by Crippen LogP contribution is 2.37. The lowest BCUT2D eigenvalue weighted by Crippen LogP contribution is -2.29. The molecule has 0 saturated heterocycles. The lowest BCUT2D eigenvalue weighted by atomic mass is 10.1. The lowest BCUT2D eigenvalue weighted by Gasteiger charge is -2.22. The summed E-state index contributed by atoms with van der Waals surface area (Å²) in [6.07, 6.45) is 3.89. The maximum absolute atomic E-state index is 13.5. The van der Waals surface area contributed by atoms with E-state index in [4.69, 9.17) is 28.1 Å². The molecule has 0 bridgehead atoms. The van der Waals surface area contributed by atoms with E-state index in [0.717, 1.165) is 18.4 Å². The van der Waals surface area contributed by atoms with Gasteiger partial charge in [0.2, 0.25) is 0 Å². The first kappa shape index (κ1) is 22.7. The van der Waals surface area contributed by atoms with E-state index in [1.807, 2.05) is 19.1 Å². The molecule has 1 saturated carbocycles. The normalized spacial score (nSPS) is 13.8. The van der Waals surface area contributed by atoms with Crippen molar-refractivity contribution in [1.29, 1.82) is 0 Å². The van der Waals surface area contributed by atoms with E-state index in [0.29, 0.717) is 45.2 Å². The molecular formula is C26H24ClN7O. The Balaban J connectivity index is 1.58. The van der Waals surface area contributed by atoms with Gasteiger partial charge in [-0.1, -0.05) is 42.5 Å². The van der Waals surface area contributed by atoms with Crippen LogP contribution in [0.3, 0.4) is 0 Å². The molecule has 1 aliphatic rings. The molecule has 1 aliphatic carbocycles. The quantitative estimate of drug-likeness (QED) is 0.284. The molecular weight excluding hydrogens is 462 g/mol. The van der Waals surface area contributed by atoms with Gasteiger partial charge in [0, 0.05) is 17.3 Å². The van der Waals surface area contributed by atoms with Gasteiger partial charge in [0.15, 0.2) is 0 Å². The molecule has 0 spiro atoms. The molecule has 0 amide bonds. The second-order valence-corrected chi connectivity index (χ2v) is 8.88. The number of nitrogens with zero attached hydrogens (tertiary/aromatic N) is 4. The summed E-state index contributed by atoms with van der Waals surface area (Å²) in [5.74, 6) is 7.53. The van der Waals surface area contributed by atoms with Gasteiger partial charge in [0.05, 0.1) is 22.0 Å². The number of halogens is 1. The van der Waals surface area contributed by atoms with Crippen LogP contribution < -0.4 is 22.3 Å². The average Bonchev–Trinajstić information content (AvgIpc) is 3.67. The maximum Gasteiger partial charge on any atom is 0.263 e. The Morgan fingerprint density at radius 1 is 1.17 bits per heavy atom. The van der Waals surface area contributed by atoms with Gasteiger partial charge in [-0.3, -0.25) is 9.36 Å². The standard InChI is InChI=1S/C26H24ClN7O/c1-2-20(25-33-21-8-4-7-19(27)22(21)26(35)34(25)17-10-11-17)32-24-18(23(29)30-14-31-24)12-9-15-5-3-6-16(28)13-15/h3-8,13-14,17,20H,2,10-11,28H2,1H3,(H3,29,30,31,32)/t20-/m0/s1. The van der Waals surface area contributed by atoms with Crippen LogP contribution in [-0.2, 0) is 0 Å². The van der Waals surface area contributed by atoms with Crippen LogP contribution in [0.15, 0.2) is 53.6 Å². The first-order chi connectivity index (χ1) is 17.0. The Kier molecular flexibility index (Phi) is 6.01. The zero-order valence-electron chi connectivity index (χ0n) is 19.1. The van der Waals surface area contributed by atoms with Crippen molar-refractivity contribution in [3.05, 3.63) is 81.1 Å². The van der Waals surface area contributed by atoms with Gasteiger partial charge in [-0.2, -0.15) is 0 Å². The number of aromatic nitrogens is 4. The molecule has 1 fully saturated rings. The van der Waals surface area contributed by atoms with Crippen molar-refractivity contribution in [2.45, 2.75) is 38.3 Å². The number of hydrogen-bond donors (Lipinski definition) is 3. The van der Waals surface area contributed by atoms with Crippen LogP contribution in [0.1, 0.15) is 55.2 Å². The van der Waals surface area contributed by atoms with Gasteiger partial charge in [0.1, 0.15) is 29.4 Å². The fourth-order valence-electron chi connectivity index (χ4n) is 4.05. The van der Waals surface area contributed by atoms with Gasteiger partial charge in [-0.15, -0.1) is 0 Å². The van der Waals surface area contributed by atoms with E-state index in [-0.39, 0.29) is 23.5 Å². The molecule has 9 heteroatoms. The molecule has 176 valence electrons. The number of nitrogen functional groups attached to an aromatic ring is 2. The van der Waals surface area contributed by atoms with E-state index in [9.17, 15) is 4.79 Å². The van der Waals surface area contributed by atoms with Crippen molar-refractivity contribution in [2.24, 2.45) is 0 Å². The van der Waals surface area contributed by atoms with Crippen LogP contribution in [0, 0.1) is 11.8 Å². The molecule has 8 nitrogen and oxygen atoms in total. The van der Waals surface area contributed by atoms with E-state index in [2.05, 4.69) is 27.1 Å². The lowest BCUT2D eigenvalue weighted by molar-refractivity contribution is 0.578. The summed E-state index contributed by atoms with van der Waals surface area (Å²) in [5, 5.41) is 4.27. The number of nitrogens with two attached hydrogens (primary N) is 2. The van der Waals surface area contributed by atoms with Gasteiger partial charge < -0.3 is 16.8 Å². The van der Waals surface area contributed by atoms with E-state index >= 15 is 0 Å². The van der Waals surface area contributed by atoms with Gasteiger partial charge in [0.25, 0.3) is 5.56 Å². The first-order valence-corrected chi connectivity index (χ1v) is 11.8. The van der Waals surface area contributed by atoms with Crippen molar-refractivity contribution < 1.29 is 0 Å². The summed E-state index contributed by atoms with van der Waals surface area (Å²) >= 11 is 6.37. The second kappa shape index (κ2) is 9.28. The average molecular weight is 486 g/mol. The molecule has 0 unspecified atom stereocenters. The summed E-state index contributed by atoms with van der Waals surface area (Å²) in [7, 11) is 0. The summed E-state index contributed by atoms with van der Waals surface area (Å²) in [4.78, 5) is 26.9. The molecule has 2 aromatic carbocycles. The molecule has 2 heterocycles. The number of hydrogen-bond acceptors (Lipinski definition) is 7. The molecule has 5 N–H and O–H groups in total. The van der Waals surface area contributed by atoms with E-state index in [1.54, 1.807) is 34.9 Å². The van der Waals surface area contributed by atoms with Crippen LogP contribution in [0.4, 0.5) is 17.3 Å². The highest BCUT2D eigenvalue weighted by molar-refractivity contribution is 6.35. The van der Waals surface area contributed by atoms with Crippen molar-refractivity contribution >= 4 is 39.8 Å². The molecule has 4 aromatic rings. The van der Waals surface area contributed by atoms with E-state index < -0.39 is 0 Å². The summed E-state index contributed by atoms with van der Waals surface area (Å²) in [6.45, 7) is 2.02. The largest absolute Gasteiger partial charge is 0.399 e. The van der Waals surface area contributed by atoms with Crippen molar-refractivity contribution in [1.82, 2.24) is 19.5 Å². The highest BCUT2D eigenvalue weighted by atomic mass is 35.5. The zero-order chi connectivity index (χ0) is 24.5. The van der Waals surface area contributed by atoms with Crippen LogP contribution in [0.2, 0.25) is 5.02 Å². The monoisotopic (exact) mass is 485 g/mol. The predicted octanol–water partition coefficient (Wildman–Crippen LogP) is 4.30. The van der Waals surface area contributed by atoms with Gasteiger partial charge in [-0.05, 0) is 49.6 Å². The first-order valence-electron chi connectivity index (χ1n) is 11.4. The molecule has 5 rings (SSSR count). The highest BCUT2D eigenvalue weighted by Gasteiger charge is 2.31. The number of anilines is 3. The SMILES string of the molecule is CC[C@H](Nc1ncnc(N)c1C#Cc1cccc(N)c1)c1nc2cccc(Cl)c2c(=O)n1C1CC1. The topological polar surface area (TPSA) is 125 Å². The fourth-order valence-corrected chi connectivity index (χ4v) is 4.30.